The number of ether oxygens (including phenoxy) is 1. The van der Waals surface area contributed by atoms with E-state index in [2.05, 4.69) is 5.32 Å². The van der Waals surface area contributed by atoms with Crippen LogP contribution in [0.25, 0.3) is 0 Å². The van der Waals surface area contributed by atoms with Crippen LogP contribution >= 0.6 is 0 Å². The first-order chi connectivity index (χ1) is 7.84. The molecule has 1 unspecified atom stereocenters. The van der Waals surface area contributed by atoms with Crippen LogP contribution in [0.2, 0.25) is 0 Å². The molecule has 0 aliphatic rings. The molecule has 5 nitrogen and oxygen atoms in total. The van der Waals surface area contributed by atoms with Crippen LogP contribution in [0, 0.1) is 5.41 Å². The fourth-order valence-electron chi connectivity index (χ4n) is 1.44. The Morgan fingerprint density at radius 3 is 1.83 bits per heavy atom. The topological polar surface area (TPSA) is 75.6 Å². The summed E-state index contributed by atoms with van der Waals surface area (Å²) in [7, 11) is 0. The molecule has 0 rings (SSSR count). The number of Topliss-reactive ketones (excluding diaryl/α,β-unsaturated/α-hetero) is 1. The number of amides is 1. The smallest absolute Gasteiger partial charge is 0.407 e. The summed E-state index contributed by atoms with van der Waals surface area (Å²) in [6.07, 6.45) is -1.87. The van der Waals surface area contributed by atoms with Crippen molar-refractivity contribution in [3.05, 3.63) is 0 Å². The highest BCUT2D eigenvalue weighted by Gasteiger charge is 2.36. The summed E-state index contributed by atoms with van der Waals surface area (Å²) in [5.41, 5.74) is -1.07. The predicted octanol–water partition coefficient (Wildman–Crippen LogP) is 1.88. The van der Waals surface area contributed by atoms with Gasteiger partial charge in [-0.15, -0.1) is 0 Å². The standard InChI is InChI=1S/C13H25NO4/c1-8(15)9(16)10(12(2,3)4)14-11(17)18-13(5,6)7/h9-10,16H,1-7H3,(H,14,17)/t9-,10?/m0/s1. The van der Waals surface area contributed by atoms with Crippen LogP contribution in [0.1, 0.15) is 48.5 Å². The Morgan fingerprint density at radius 2 is 1.56 bits per heavy atom. The molecule has 0 heterocycles. The van der Waals surface area contributed by atoms with E-state index >= 15 is 0 Å². The van der Waals surface area contributed by atoms with Crippen molar-refractivity contribution >= 4 is 11.9 Å². The predicted molar refractivity (Wildman–Crippen MR) is 69.3 cm³/mol. The molecule has 0 aromatic heterocycles. The summed E-state index contributed by atoms with van der Waals surface area (Å²) in [5.74, 6) is -0.383. The Balaban J connectivity index is 4.83. The molecule has 0 aliphatic carbocycles. The maximum Gasteiger partial charge on any atom is 0.407 e. The molecule has 2 atom stereocenters. The maximum absolute atomic E-state index is 11.7. The molecule has 0 spiro atoms. The molecule has 0 saturated heterocycles. The zero-order valence-electron chi connectivity index (χ0n) is 12.3. The van der Waals surface area contributed by atoms with Crippen LogP contribution in [-0.4, -0.2) is 34.7 Å². The number of rotatable bonds is 3. The molecule has 0 fully saturated rings. The van der Waals surface area contributed by atoms with Crippen LogP contribution < -0.4 is 5.32 Å². The molecule has 0 radical (unpaired) electrons. The van der Waals surface area contributed by atoms with Crippen molar-refractivity contribution in [2.24, 2.45) is 5.41 Å². The molecule has 18 heavy (non-hydrogen) atoms. The van der Waals surface area contributed by atoms with Crippen molar-refractivity contribution in [2.75, 3.05) is 0 Å². The molecule has 5 heteroatoms. The molecule has 0 saturated carbocycles. The minimum absolute atomic E-state index is 0.383. The van der Waals surface area contributed by atoms with Crippen molar-refractivity contribution in [3.63, 3.8) is 0 Å². The van der Waals surface area contributed by atoms with Gasteiger partial charge in [0, 0.05) is 0 Å². The van der Waals surface area contributed by atoms with Gasteiger partial charge >= 0.3 is 6.09 Å². The maximum atomic E-state index is 11.7. The lowest BCUT2D eigenvalue weighted by Gasteiger charge is -2.34. The van der Waals surface area contributed by atoms with Gasteiger partial charge in [0.2, 0.25) is 0 Å². The van der Waals surface area contributed by atoms with Gasteiger partial charge in [0.15, 0.2) is 5.78 Å². The SMILES string of the molecule is CC(=O)[C@H](O)C(NC(=O)OC(C)(C)C)C(C)(C)C. The Morgan fingerprint density at radius 1 is 1.11 bits per heavy atom. The van der Waals surface area contributed by atoms with Crippen molar-refractivity contribution in [1.82, 2.24) is 5.32 Å². The first kappa shape index (κ1) is 16.9. The Bertz CT molecular complexity index is 312. The third-order valence-electron chi connectivity index (χ3n) is 2.34. The van der Waals surface area contributed by atoms with Crippen molar-refractivity contribution < 1.29 is 19.4 Å². The van der Waals surface area contributed by atoms with Crippen LogP contribution in [0.5, 0.6) is 0 Å². The first-order valence-corrected chi connectivity index (χ1v) is 6.02. The Labute approximate surface area is 109 Å². The largest absolute Gasteiger partial charge is 0.444 e. The van der Waals surface area contributed by atoms with E-state index in [1.807, 2.05) is 20.8 Å². The highest BCUT2D eigenvalue weighted by atomic mass is 16.6. The van der Waals surface area contributed by atoms with Gasteiger partial charge in [0.1, 0.15) is 11.7 Å². The second-order valence-electron chi connectivity index (χ2n) is 6.55. The lowest BCUT2D eigenvalue weighted by atomic mass is 9.82. The normalized spacial score (nSPS) is 15.8. The van der Waals surface area contributed by atoms with Crippen LogP contribution in [-0.2, 0) is 9.53 Å². The summed E-state index contributed by atoms with van der Waals surface area (Å²) in [4.78, 5) is 22.9. The number of aliphatic hydroxyl groups excluding tert-OH is 1. The molecule has 2 N–H and O–H groups in total. The fraction of sp³-hybridized carbons (Fsp3) is 0.846. The van der Waals surface area contributed by atoms with Gasteiger partial charge in [-0.1, -0.05) is 20.8 Å². The molecule has 0 bridgehead atoms. The average molecular weight is 259 g/mol. The van der Waals surface area contributed by atoms with Gasteiger partial charge < -0.3 is 15.2 Å². The zero-order valence-corrected chi connectivity index (χ0v) is 12.3. The highest BCUT2D eigenvalue weighted by Crippen LogP contribution is 2.23. The van der Waals surface area contributed by atoms with E-state index in [-0.39, 0.29) is 5.78 Å². The molecular weight excluding hydrogens is 234 g/mol. The zero-order chi connectivity index (χ0) is 14.7. The summed E-state index contributed by atoms with van der Waals surface area (Å²) in [5, 5.41) is 12.4. The molecular formula is C13H25NO4. The molecule has 0 aromatic rings. The number of hydrogen-bond acceptors (Lipinski definition) is 4. The lowest BCUT2D eigenvalue weighted by molar-refractivity contribution is -0.127. The minimum Gasteiger partial charge on any atom is -0.444 e. The third-order valence-corrected chi connectivity index (χ3v) is 2.34. The van der Waals surface area contributed by atoms with Crippen molar-refractivity contribution in [3.8, 4) is 0 Å². The molecule has 1 amide bonds. The van der Waals surface area contributed by atoms with Crippen molar-refractivity contribution in [1.29, 1.82) is 0 Å². The van der Waals surface area contributed by atoms with E-state index in [0.717, 1.165) is 0 Å². The van der Waals surface area contributed by atoms with Gasteiger partial charge in [-0.3, -0.25) is 4.79 Å². The minimum atomic E-state index is -1.24. The number of ketones is 1. The number of carbonyl (C=O) groups is 2. The quantitative estimate of drug-likeness (QED) is 0.811. The van der Waals surface area contributed by atoms with Gasteiger partial charge in [0.05, 0.1) is 6.04 Å². The number of nitrogens with one attached hydrogen (secondary N) is 1. The summed E-state index contributed by atoms with van der Waals surface area (Å²) in [6, 6.07) is -0.690. The average Bonchev–Trinajstić information content (AvgIpc) is 2.08. The summed E-state index contributed by atoms with van der Waals surface area (Å²) >= 11 is 0. The van der Waals surface area contributed by atoms with Crippen molar-refractivity contribution in [2.45, 2.75) is 66.2 Å². The van der Waals surface area contributed by atoms with E-state index in [1.165, 1.54) is 6.92 Å². The number of hydrogen-bond donors (Lipinski definition) is 2. The van der Waals surface area contributed by atoms with Gasteiger partial charge in [-0.25, -0.2) is 4.79 Å². The Kier molecular flexibility index (Phi) is 5.35. The van der Waals surface area contributed by atoms with E-state index in [9.17, 15) is 14.7 Å². The molecule has 0 aromatic carbocycles. The lowest BCUT2D eigenvalue weighted by Crippen LogP contribution is -2.54. The monoisotopic (exact) mass is 259 g/mol. The first-order valence-electron chi connectivity index (χ1n) is 6.02. The van der Waals surface area contributed by atoms with Crippen LogP contribution in [0.15, 0.2) is 0 Å². The Hall–Kier alpha value is -1.10. The van der Waals surface area contributed by atoms with Gasteiger partial charge in [0.25, 0.3) is 0 Å². The molecule has 106 valence electrons. The van der Waals surface area contributed by atoms with Gasteiger partial charge in [-0.05, 0) is 33.1 Å². The summed E-state index contributed by atoms with van der Waals surface area (Å²) < 4.78 is 5.12. The van der Waals surface area contributed by atoms with Crippen LogP contribution in [0.3, 0.4) is 0 Å². The van der Waals surface area contributed by atoms with E-state index in [1.54, 1.807) is 20.8 Å². The number of carbonyl (C=O) groups excluding carboxylic acids is 2. The van der Waals surface area contributed by atoms with E-state index in [0.29, 0.717) is 0 Å². The number of alkyl carbamates (subject to hydrolysis) is 1. The summed E-state index contributed by atoms with van der Waals surface area (Å²) in [6.45, 7) is 12.0. The fourth-order valence-corrected chi connectivity index (χ4v) is 1.44. The third kappa shape index (κ3) is 6.00. The number of aliphatic hydroxyl groups is 1. The van der Waals surface area contributed by atoms with Crippen LogP contribution in [0.4, 0.5) is 4.79 Å². The second kappa shape index (κ2) is 5.69. The molecule has 0 aliphatic heterocycles. The van der Waals surface area contributed by atoms with E-state index in [4.69, 9.17) is 4.74 Å². The van der Waals surface area contributed by atoms with E-state index < -0.39 is 29.3 Å². The second-order valence-corrected chi connectivity index (χ2v) is 6.55. The van der Waals surface area contributed by atoms with Gasteiger partial charge in [-0.2, -0.15) is 0 Å². The highest BCUT2D eigenvalue weighted by molar-refractivity contribution is 5.82.